The number of aromatic nitrogens is 1. The number of rotatable bonds is 2. The van der Waals surface area contributed by atoms with Gasteiger partial charge in [0.05, 0.1) is 24.3 Å². The van der Waals surface area contributed by atoms with Crippen molar-refractivity contribution in [2.45, 2.75) is 19.1 Å². The van der Waals surface area contributed by atoms with Crippen molar-refractivity contribution < 1.29 is 4.74 Å². The summed E-state index contributed by atoms with van der Waals surface area (Å²) in [6.45, 7) is 3.82. The fourth-order valence-electron chi connectivity index (χ4n) is 2.45. The molecule has 1 fully saturated rings. The highest BCUT2D eigenvalue weighted by Gasteiger charge is 2.26. The maximum atomic E-state index is 5.76. The number of alkyl halides is 1. The summed E-state index contributed by atoms with van der Waals surface area (Å²) in [6.07, 6.45) is 0.240. The quantitative estimate of drug-likeness (QED) is 0.794. The molecule has 2 atom stereocenters. The van der Waals surface area contributed by atoms with E-state index in [1.54, 1.807) is 0 Å². The van der Waals surface area contributed by atoms with Crippen molar-refractivity contribution in [2.24, 2.45) is 0 Å². The van der Waals surface area contributed by atoms with Crippen LogP contribution in [0, 0.1) is 0 Å². The molecule has 1 aromatic heterocycles. The van der Waals surface area contributed by atoms with E-state index in [1.165, 1.54) is 5.39 Å². The average Bonchev–Trinajstić information content (AvgIpc) is 2.47. The first-order chi connectivity index (χ1) is 9.28. The zero-order chi connectivity index (χ0) is 13.2. The lowest BCUT2D eigenvalue weighted by molar-refractivity contribution is 0.0377. The summed E-state index contributed by atoms with van der Waals surface area (Å²) in [5.74, 6) is 1.04. The highest BCUT2D eigenvalue weighted by molar-refractivity contribution is 9.09. The molecule has 100 valence electrons. The Morgan fingerprint density at radius 3 is 3.00 bits per heavy atom. The predicted octanol–water partition coefficient (Wildman–Crippen LogP) is 3.22. The maximum absolute atomic E-state index is 5.76. The van der Waals surface area contributed by atoms with Crippen molar-refractivity contribution in [3.05, 3.63) is 36.4 Å². The van der Waals surface area contributed by atoms with Gasteiger partial charge >= 0.3 is 0 Å². The highest BCUT2D eigenvalue weighted by atomic mass is 79.9. The molecule has 4 heteroatoms. The Morgan fingerprint density at radius 2 is 2.16 bits per heavy atom. The number of benzene rings is 1. The number of morpholine rings is 1. The Kier molecular flexibility index (Phi) is 3.71. The van der Waals surface area contributed by atoms with E-state index in [0.717, 1.165) is 29.8 Å². The lowest BCUT2D eigenvalue weighted by Crippen LogP contribution is -2.49. The second-order valence-electron chi connectivity index (χ2n) is 4.97. The number of ether oxygens (including phenoxy) is 1. The number of halogens is 1. The third kappa shape index (κ3) is 2.60. The normalized spacial score (nSPS) is 23.8. The lowest BCUT2D eigenvalue weighted by Gasteiger charge is -2.38. The first-order valence-electron chi connectivity index (χ1n) is 6.58. The fraction of sp³-hybridized carbons (Fsp3) is 0.400. The van der Waals surface area contributed by atoms with Crippen LogP contribution in [-0.2, 0) is 4.74 Å². The number of pyridine rings is 1. The van der Waals surface area contributed by atoms with E-state index >= 15 is 0 Å². The summed E-state index contributed by atoms with van der Waals surface area (Å²) in [4.78, 5) is 7.11. The molecule has 2 heterocycles. The summed E-state index contributed by atoms with van der Waals surface area (Å²) >= 11 is 3.50. The van der Waals surface area contributed by atoms with E-state index in [4.69, 9.17) is 9.72 Å². The van der Waals surface area contributed by atoms with Gasteiger partial charge in [-0.2, -0.15) is 0 Å². The first-order valence-corrected chi connectivity index (χ1v) is 7.70. The second-order valence-corrected chi connectivity index (χ2v) is 5.62. The van der Waals surface area contributed by atoms with E-state index in [0.29, 0.717) is 6.04 Å². The van der Waals surface area contributed by atoms with E-state index in [1.807, 2.05) is 12.1 Å². The van der Waals surface area contributed by atoms with Crippen LogP contribution in [0.15, 0.2) is 36.4 Å². The molecule has 3 nitrogen and oxygen atoms in total. The Morgan fingerprint density at radius 1 is 1.32 bits per heavy atom. The Labute approximate surface area is 121 Å². The summed E-state index contributed by atoms with van der Waals surface area (Å²) in [5.41, 5.74) is 1.05. The molecule has 0 bridgehead atoms. The van der Waals surface area contributed by atoms with Crippen LogP contribution in [0.1, 0.15) is 6.92 Å². The SMILES string of the molecule is CC1COC(CBr)CN1c1ccc2ccccc2n1. The van der Waals surface area contributed by atoms with Gasteiger partial charge in [0.15, 0.2) is 0 Å². The van der Waals surface area contributed by atoms with Gasteiger partial charge in [-0.15, -0.1) is 0 Å². The molecule has 2 unspecified atom stereocenters. The molecule has 0 N–H and O–H groups in total. The van der Waals surface area contributed by atoms with Crippen molar-refractivity contribution in [1.29, 1.82) is 0 Å². The predicted molar refractivity (Wildman–Crippen MR) is 82.1 cm³/mol. The lowest BCUT2D eigenvalue weighted by atomic mass is 10.2. The molecule has 2 aromatic rings. The number of nitrogens with zero attached hydrogens (tertiary/aromatic N) is 2. The van der Waals surface area contributed by atoms with Gasteiger partial charge in [0, 0.05) is 17.3 Å². The molecule has 0 spiro atoms. The third-order valence-corrected chi connectivity index (χ3v) is 4.28. The maximum Gasteiger partial charge on any atom is 0.129 e. The van der Waals surface area contributed by atoms with Crippen molar-refractivity contribution in [1.82, 2.24) is 4.98 Å². The molecule has 0 radical (unpaired) electrons. The first kappa shape index (κ1) is 12.9. The van der Waals surface area contributed by atoms with E-state index in [2.05, 4.69) is 52.0 Å². The van der Waals surface area contributed by atoms with E-state index < -0.39 is 0 Å². The molecule has 3 rings (SSSR count). The van der Waals surface area contributed by atoms with Crippen molar-refractivity contribution in [3.63, 3.8) is 0 Å². The zero-order valence-electron chi connectivity index (χ0n) is 10.9. The smallest absolute Gasteiger partial charge is 0.129 e. The van der Waals surface area contributed by atoms with Crippen LogP contribution in [0.2, 0.25) is 0 Å². The summed E-state index contributed by atoms with van der Waals surface area (Å²) in [6, 6.07) is 12.8. The molecule has 0 saturated carbocycles. The summed E-state index contributed by atoms with van der Waals surface area (Å²) in [5, 5.41) is 2.05. The monoisotopic (exact) mass is 320 g/mol. The van der Waals surface area contributed by atoms with Crippen LogP contribution in [-0.4, -0.2) is 35.6 Å². The summed E-state index contributed by atoms with van der Waals surface area (Å²) < 4.78 is 5.76. The molecule has 1 aliphatic rings. The minimum atomic E-state index is 0.240. The Balaban J connectivity index is 1.93. The van der Waals surface area contributed by atoms with Crippen LogP contribution in [0.5, 0.6) is 0 Å². The molecule has 1 aliphatic heterocycles. The number of para-hydroxylation sites is 1. The Bertz CT molecular complexity index is 575. The minimum absolute atomic E-state index is 0.240. The standard InChI is InChI=1S/C15H17BrN2O/c1-11-10-19-13(8-16)9-18(11)15-7-6-12-4-2-3-5-14(12)17-15/h2-7,11,13H,8-10H2,1H3. The highest BCUT2D eigenvalue weighted by Crippen LogP contribution is 2.23. The van der Waals surface area contributed by atoms with Crippen LogP contribution in [0.25, 0.3) is 10.9 Å². The van der Waals surface area contributed by atoms with Crippen molar-refractivity contribution in [2.75, 3.05) is 23.4 Å². The van der Waals surface area contributed by atoms with Gasteiger partial charge in [-0.25, -0.2) is 4.98 Å². The molecule has 1 aromatic carbocycles. The largest absolute Gasteiger partial charge is 0.373 e. The van der Waals surface area contributed by atoms with Crippen LogP contribution >= 0.6 is 15.9 Å². The van der Waals surface area contributed by atoms with Crippen LogP contribution < -0.4 is 4.90 Å². The number of hydrogen-bond acceptors (Lipinski definition) is 3. The van der Waals surface area contributed by atoms with Gasteiger partial charge in [-0.05, 0) is 25.1 Å². The third-order valence-electron chi connectivity index (χ3n) is 3.56. The van der Waals surface area contributed by atoms with Crippen molar-refractivity contribution >= 4 is 32.7 Å². The molecular formula is C15H17BrN2O. The number of anilines is 1. The van der Waals surface area contributed by atoms with Gasteiger partial charge in [0.1, 0.15) is 5.82 Å². The molecule has 0 aliphatic carbocycles. The van der Waals surface area contributed by atoms with Crippen LogP contribution in [0.4, 0.5) is 5.82 Å². The van der Waals surface area contributed by atoms with Gasteiger partial charge in [-0.3, -0.25) is 0 Å². The average molecular weight is 321 g/mol. The second kappa shape index (κ2) is 5.47. The van der Waals surface area contributed by atoms with Gasteiger partial charge in [0.25, 0.3) is 0 Å². The Hall–Kier alpha value is -1.13. The minimum Gasteiger partial charge on any atom is -0.373 e. The van der Waals surface area contributed by atoms with E-state index in [9.17, 15) is 0 Å². The van der Waals surface area contributed by atoms with Gasteiger partial charge in [0.2, 0.25) is 0 Å². The van der Waals surface area contributed by atoms with Crippen LogP contribution in [0.3, 0.4) is 0 Å². The fourth-order valence-corrected chi connectivity index (χ4v) is 2.84. The molecule has 1 saturated heterocycles. The molecule has 19 heavy (non-hydrogen) atoms. The van der Waals surface area contributed by atoms with Gasteiger partial charge < -0.3 is 9.64 Å². The molecular weight excluding hydrogens is 304 g/mol. The topological polar surface area (TPSA) is 25.4 Å². The summed E-state index contributed by atoms with van der Waals surface area (Å²) in [7, 11) is 0. The van der Waals surface area contributed by atoms with Crippen molar-refractivity contribution in [3.8, 4) is 0 Å². The van der Waals surface area contributed by atoms with Gasteiger partial charge in [-0.1, -0.05) is 34.1 Å². The van der Waals surface area contributed by atoms with E-state index in [-0.39, 0.29) is 6.10 Å². The number of hydrogen-bond donors (Lipinski definition) is 0. The zero-order valence-corrected chi connectivity index (χ0v) is 12.5. The number of fused-ring (bicyclic) bond motifs is 1. The molecule has 0 amide bonds.